The van der Waals surface area contributed by atoms with Crippen molar-refractivity contribution >= 4 is 0 Å². The number of pyridine rings is 1. The first kappa shape index (κ1) is 25.6. The lowest BCUT2D eigenvalue weighted by Crippen LogP contribution is -2.38. The van der Waals surface area contributed by atoms with Crippen LogP contribution < -0.4 is 0 Å². The summed E-state index contributed by atoms with van der Waals surface area (Å²) < 4.78 is 0. The third-order valence-electron chi connectivity index (χ3n) is 7.69. The van der Waals surface area contributed by atoms with E-state index in [1.165, 1.54) is 68.9 Å². The van der Waals surface area contributed by atoms with Gasteiger partial charge in [0.25, 0.3) is 0 Å². The highest BCUT2D eigenvalue weighted by Crippen LogP contribution is 2.47. The molecule has 0 saturated carbocycles. The summed E-state index contributed by atoms with van der Waals surface area (Å²) in [6.07, 6.45) is 14.1. The molecule has 0 fully saturated rings. The normalized spacial score (nSPS) is 12.3. The summed E-state index contributed by atoms with van der Waals surface area (Å²) in [5.74, 6) is 2.30. The molecule has 0 aliphatic carbocycles. The van der Waals surface area contributed by atoms with Gasteiger partial charge in [-0.1, -0.05) is 110 Å². The molecule has 0 amide bonds. The molecule has 0 saturated heterocycles. The van der Waals surface area contributed by atoms with Crippen molar-refractivity contribution in [1.29, 1.82) is 0 Å². The van der Waals surface area contributed by atoms with Gasteiger partial charge in [0.15, 0.2) is 0 Å². The summed E-state index contributed by atoms with van der Waals surface area (Å²) in [6, 6.07) is 14.9. The Hall–Kier alpha value is -1.63. The van der Waals surface area contributed by atoms with Crippen LogP contribution >= 0.6 is 0 Å². The molecule has 1 heterocycles. The van der Waals surface area contributed by atoms with Crippen LogP contribution in [0.3, 0.4) is 0 Å². The smallest absolute Gasteiger partial charge is 0.0704 e. The fourth-order valence-corrected chi connectivity index (χ4v) is 5.91. The predicted molar refractivity (Wildman–Crippen MR) is 137 cm³/mol. The number of hydrogen-bond acceptors (Lipinski definition) is 1. The summed E-state index contributed by atoms with van der Waals surface area (Å²) in [4.78, 5) is 4.55. The van der Waals surface area contributed by atoms with E-state index < -0.39 is 0 Å². The molecule has 1 aromatic carbocycles. The molecule has 1 heteroatoms. The summed E-state index contributed by atoms with van der Waals surface area (Å²) in [5, 5.41) is 0. The zero-order valence-corrected chi connectivity index (χ0v) is 21.2. The Balaban J connectivity index is 1.63. The quantitative estimate of drug-likeness (QED) is 0.277. The van der Waals surface area contributed by atoms with Crippen molar-refractivity contribution in [2.75, 3.05) is 0 Å². The second-order valence-electron chi connectivity index (χ2n) is 10.5. The van der Waals surface area contributed by atoms with Crippen molar-refractivity contribution in [2.24, 2.45) is 23.2 Å². The van der Waals surface area contributed by atoms with Gasteiger partial charge in [0.05, 0.1) is 5.69 Å². The first-order valence-corrected chi connectivity index (χ1v) is 12.9. The van der Waals surface area contributed by atoms with Gasteiger partial charge in [-0.05, 0) is 60.1 Å². The molecule has 2 aromatic rings. The van der Waals surface area contributed by atoms with E-state index in [1.54, 1.807) is 0 Å². The van der Waals surface area contributed by atoms with Gasteiger partial charge in [-0.15, -0.1) is 0 Å². The number of hydrogen-bond donors (Lipinski definition) is 0. The van der Waals surface area contributed by atoms with Crippen molar-refractivity contribution in [3.05, 3.63) is 54.2 Å². The Bertz CT molecular complexity index is 707. The molecule has 0 spiro atoms. The average Bonchev–Trinajstić information content (AvgIpc) is 2.75. The van der Waals surface area contributed by atoms with Crippen LogP contribution in [0.2, 0.25) is 0 Å². The van der Waals surface area contributed by atoms with E-state index >= 15 is 0 Å². The Labute approximate surface area is 193 Å². The molecule has 0 bridgehead atoms. The number of aryl methyl sites for hydroxylation is 1. The lowest BCUT2D eigenvalue weighted by molar-refractivity contribution is 0.0356. The highest BCUT2D eigenvalue weighted by Gasteiger charge is 2.39. The number of benzene rings is 1. The molecule has 0 radical (unpaired) electrons. The number of aromatic nitrogens is 1. The van der Waals surface area contributed by atoms with E-state index in [4.69, 9.17) is 0 Å². The Morgan fingerprint density at radius 2 is 1.23 bits per heavy atom. The highest BCUT2D eigenvalue weighted by molar-refractivity contribution is 5.59. The predicted octanol–water partition coefficient (Wildman–Crippen LogP) is 9.37. The molecular formula is C30H47N. The molecule has 0 aliphatic rings. The molecular weight excluding hydrogens is 374 g/mol. The van der Waals surface area contributed by atoms with Crippen LogP contribution in [0.5, 0.6) is 0 Å². The average molecular weight is 422 g/mol. The van der Waals surface area contributed by atoms with Crippen LogP contribution in [0.1, 0.15) is 98.5 Å². The van der Waals surface area contributed by atoms with E-state index in [2.05, 4.69) is 89.0 Å². The molecule has 1 nitrogen and oxygen atoms in total. The molecule has 0 atom stereocenters. The summed E-state index contributed by atoms with van der Waals surface area (Å²) in [5.41, 5.74) is 4.23. The first-order valence-electron chi connectivity index (χ1n) is 12.9. The van der Waals surface area contributed by atoms with Gasteiger partial charge in [-0.25, -0.2) is 0 Å². The SMILES string of the molecule is CC(C)C(CCCCCCCCCc1ccnc(-c2ccccc2)c1)(C(C)C)C(C)C. The van der Waals surface area contributed by atoms with Crippen molar-refractivity contribution in [3.63, 3.8) is 0 Å². The minimum Gasteiger partial charge on any atom is -0.256 e. The molecule has 1 aromatic heterocycles. The van der Waals surface area contributed by atoms with Crippen molar-refractivity contribution < 1.29 is 0 Å². The van der Waals surface area contributed by atoms with E-state index in [9.17, 15) is 0 Å². The number of rotatable bonds is 14. The van der Waals surface area contributed by atoms with Crippen LogP contribution in [0.25, 0.3) is 11.3 Å². The minimum absolute atomic E-state index is 0.503. The van der Waals surface area contributed by atoms with Crippen LogP contribution in [-0.4, -0.2) is 4.98 Å². The lowest BCUT2D eigenvalue weighted by atomic mass is 9.60. The topological polar surface area (TPSA) is 12.9 Å². The first-order chi connectivity index (χ1) is 14.9. The standard InChI is InChI=1S/C30H47N/c1-24(2)30(25(3)4,26(5)6)21-16-11-9-7-8-10-13-17-27-20-22-31-29(23-27)28-18-14-12-15-19-28/h12,14-15,18-20,22-26H,7-11,13,16-17,21H2,1-6H3. The molecule has 0 aliphatic heterocycles. The van der Waals surface area contributed by atoms with E-state index in [1.807, 2.05) is 6.20 Å². The zero-order chi connectivity index (χ0) is 22.7. The highest BCUT2D eigenvalue weighted by atomic mass is 14.7. The van der Waals surface area contributed by atoms with Crippen molar-refractivity contribution in [2.45, 2.75) is 99.3 Å². The Morgan fingerprint density at radius 1 is 0.677 bits per heavy atom. The third kappa shape index (κ3) is 7.48. The van der Waals surface area contributed by atoms with Crippen molar-refractivity contribution in [3.8, 4) is 11.3 Å². The van der Waals surface area contributed by atoms with Crippen LogP contribution in [0.15, 0.2) is 48.7 Å². The number of nitrogens with zero attached hydrogens (tertiary/aromatic N) is 1. The second kappa shape index (κ2) is 13.0. The van der Waals surface area contributed by atoms with Gasteiger partial charge < -0.3 is 0 Å². The van der Waals surface area contributed by atoms with Gasteiger partial charge >= 0.3 is 0 Å². The molecule has 172 valence electrons. The second-order valence-corrected chi connectivity index (χ2v) is 10.5. The van der Waals surface area contributed by atoms with Crippen LogP contribution in [-0.2, 0) is 6.42 Å². The molecule has 0 N–H and O–H groups in total. The molecule has 2 rings (SSSR count). The maximum absolute atomic E-state index is 4.55. The van der Waals surface area contributed by atoms with E-state index in [0.29, 0.717) is 5.41 Å². The third-order valence-corrected chi connectivity index (χ3v) is 7.69. The van der Waals surface area contributed by atoms with Gasteiger partial charge in [0, 0.05) is 11.8 Å². The summed E-state index contributed by atoms with van der Waals surface area (Å²) in [7, 11) is 0. The van der Waals surface area contributed by atoms with Crippen LogP contribution in [0.4, 0.5) is 0 Å². The summed E-state index contributed by atoms with van der Waals surface area (Å²) in [6.45, 7) is 14.6. The number of unbranched alkanes of at least 4 members (excludes halogenated alkanes) is 6. The Kier molecular flexibility index (Phi) is 10.8. The zero-order valence-electron chi connectivity index (χ0n) is 21.2. The maximum atomic E-state index is 4.55. The van der Waals surface area contributed by atoms with E-state index in [-0.39, 0.29) is 0 Å². The van der Waals surface area contributed by atoms with E-state index in [0.717, 1.165) is 23.4 Å². The van der Waals surface area contributed by atoms with Gasteiger partial charge in [-0.2, -0.15) is 0 Å². The maximum Gasteiger partial charge on any atom is 0.0704 e. The molecule has 31 heavy (non-hydrogen) atoms. The molecule has 0 unspecified atom stereocenters. The minimum atomic E-state index is 0.503. The Morgan fingerprint density at radius 3 is 1.81 bits per heavy atom. The monoisotopic (exact) mass is 421 g/mol. The summed E-state index contributed by atoms with van der Waals surface area (Å²) >= 11 is 0. The van der Waals surface area contributed by atoms with Crippen LogP contribution in [0, 0.1) is 23.2 Å². The van der Waals surface area contributed by atoms with Gasteiger partial charge in [0.2, 0.25) is 0 Å². The van der Waals surface area contributed by atoms with Gasteiger partial charge in [-0.3, -0.25) is 4.98 Å². The fourth-order valence-electron chi connectivity index (χ4n) is 5.91. The lowest BCUT2D eigenvalue weighted by Gasteiger charge is -2.45. The fraction of sp³-hybridized carbons (Fsp3) is 0.633. The van der Waals surface area contributed by atoms with Gasteiger partial charge in [0.1, 0.15) is 0 Å². The largest absolute Gasteiger partial charge is 0.256 e. The van der Waals surface area contributed by atoms with Crippen molar-refractivity contribution in [1.82, 2.24) is 4.98 Å².